The zero-order chi connectivity index (χ0) is 16.9. The van der Waals surface area contributed by atoms with Crippen molar-refractivity contribution < 1.29 is 19.4 Å². The average molecular weight is 332 g/mol. The van der Waals surface area contributed by atoms with Crippen molar-refractivity contribution in [1.29, 1.82) is 0 Å². The standard InChI is InChI=1S/C18H24N2O4/c21-17(7-4-14-3-1-2-10-19-14)20-11-8-13(9-12-20)15-5-6-16(24-15)18(22)23/h1-3,10,13,15-16H,4-9,11-12H2,(H,22,23)/t15-,16+/m0/s1. The Bertz CT molecular complexity index is 570. The first kappa shape index (κ1) is 16.9. The lowest BCUT2D eigenvalue weighted by atomic mass is 9.89. The number of aromatic nitrogens is 1. The Labute approximate surface area is 141 Å². The van der Waals surface area contributed by atoms with Crippen LogP contribution in [0.3, 0.4) is 0 Å². The highest BCUT2D eigenvalue weighted by Crippen LogP contribution is 2.32. The number of piperidine rings is 1. The molecule has 0 radical (unpaired) electrons. The number of carboxylic acid groups (broad SMARTS) is 1. The number of rotatable bonds is 5. The predicted molar refractivity (Wildman–Crippen MR) is 87.4 cm³/mol. The normalized spacial score (nSPS) is 24.9. The summed E-state index contributed by atoms with van der Waals surface area (Å²) in [6.07, 6.45) is 5.51. The molecule has 0 bridgehead atoms. The topological polar surface area (TPSA) is 79.7 Å². The lowest BCUT2D eigenvalue weighted by molar-refractivity contribution is -0.151. The Kier molecular flexibility index (Phi) is 5.45. The maximum atomic E-state index is 12.3. The van der Waals surface area contributed by atoms with Gasteiger partial charge in [-0.1, -0.05) is 6.07 Å². The first-order valence-electron chi connectivity index (χ1n) is 8.69. The van der Waals surface area contributed by atoms with Crippen molar-refractivity contribution in [2.75, 3.05) is 13.1 Å². The van der Waals surface area contributed by atoms with Crippen LogP contribution in [0.2, 0.25) is 0 Å². The van der Waals surface area contributed by atoms with Crippen LogP contribution in [0.5, 0.6) is 0 Å². The number of aliphatic carboxylic acids is 1. The number of amides is 1. The minimum atomic E-state index is -0.861. The van der Waals surface area contributed by atoms with Crippen molar-refractivity contribution in [2.45, 2.75) is 50.7 Å². The number of likely N-dealkylation sites (tertiary alicyclic amines) is 1. The summed E-state index contributed by atoms with van der Waals surface area (Å²) in [5, 5.41) is 9.01. The summed E-state index contributed by atoms with van der Waals surface area (Å²) in [5.74, 6) is -0.316. The lowest BCUT2D eigenvalue weighted by Crippen LogP contribution is -2.41. The molecule has 130 valence electrons. The number of aryl methyl sites for hydroxylation is 1. The number of carbonyl (C=O) groups excluding carboxylic acids is 1. The van der Waals surface area contributed by atoms with Gasteiger partial charge in [0.2, 0.25) is 5.91 Å². The van der Waals surface area contributed by atoms with Crippen LogP contribution in [-0.4, -0.2) is 52.2 Å². The molecule has 2 saturated heterocycles. The third-order valence-electron chi connectivity index (χ3n) is 5.07. The molecule has 1 amide bonds. The van der Waals surface area contributed by atoms with Crippen LogP contribution in [0.25, 0.3) is 0 Å². The fraction of sp³-hybridized carbons (Fsp3) is 0.611. The second-order valence-electron chi connectivity index (χ2n) is 6.62. The van der Waals surface area contributed by atoms with E-state index in [1.165, 1.54) is 0 Å². The number of pyridine rings is 1. The van der Waals surface area contributed by atoms with Crippen molar-refractivity contribution >= 4 is 11.9 Å². The highest BCUT2D eigenvalue weighted by atomic mass is 16.5. The smallest absolute Gasteiger partial charge is 0.332 e. The molecule has 0 spiro atoms. The molecular weight excluding hydrogens is 308 g/mol. The number of carbonyl (C=O) groups is 2. The van der Waals surface area contributed by atoms with Crippen LogP contribution in [0, 0.1) is 5.92 Å². The summed E-state index contributed by atoms with van der Waals surface area (Å²) in [4.78, 5) is 29.5. The number of nitrogens with zero attached hydrogens (tertiary/aromatic N) is 2. The average Bonchev–Trinajstić information content (AvgIpc) is 3.11. The van der Waals surface area contributed by atoms with Crippen molar-refractivity contribution in [1.82, 2.24) is 9.88 Å². The van der Waals surface area contributed by atoms with Crippen LogP contribution in [0.1, 0.15) is 37.8 Å². The molecule has 6 nitrogen and oxygen atoms in total. The van der Waals surface area contributed by atoms with Crippen LogP contribution in [-0.2, 0) is 20.7 Å². The van der Waals surface area contributed by atoms with Gasteiger partial charge >= 0.3 is 5.97 Å². The zero-order valence-electron chi connectivity index (χ0n) is 13.8. The molecule has 2 fully saturated rings. The largest absolute Gasteiger partial charge is 0.479 e. The van der Waals surface area contributed by atoms with Gasteiger partial charge in [0.05, 0.1) is 6.10 Å². The number of hydrogen-bond donors (Lipinski definition) is 1. The van der Waals surface area contributed by atoms with E-state index < -0.39 is 12.1 Å². The maximum absolute atomic E-state index is 12.3. The van der Waals surface area contributed by atoms with Gasteiger partial charge in [-0.05, 0) is 50.2 Å². The molecule has 0 saturated carbocycles. The van der Waals surface area contributed by atoms with E-state index in [9.17, 15) is 9.59 Å². The van der Waals surface area contributed by atoms with E-state index in [1.807, 2.05) is 23.1 Å². The van der Waals surface area contributed by atoms with Crippen LogP contribution >= 0.6 is 0 Å². The zero-order valence-corrected chi connectivity index (χ0v) is 13.8. The second kappa shape index (κ2) is 7.75. The Morgan fingerprint density at radius 1 is 1.21 bits per heavy atom. The molecular formula is C18H24N2O4. The van der Waals surface area contributed by atoms with E-state index >= 15 is 0 Å². The van der Waals surface area contributed by atoms with Gasteiger partial charge in [0.15, 0.2) is 6.10 Å². The van der Waals surface area contributed by atoms with Gasteiger partial charge in [0.25, 0.3) is 0 Å². The van der Waals surface area contributed by atoms with Gasteiger partial charge in [-0.25, -0.2) is 4.79 Å². The molecule has 6 heteroatoms. The molecule has 2 aliphatic heterocycles. The SMILES string of the molecule is O=C(O)[C@H]1CC[C@@H](C2CCN(C(=O)CCc3ccccn3)CC2)O1. The van der Waals surface area contributed by atoms with Crippen molar-refractivity contribution in [2.24, 2.45) is 5.92 Å². The molecule has 2 aliphatic rings. The fourth-order valence-electron chi connectivity index (χ4n) is 3.65. The van der Waals surface area contributed by atoms with E-state index in [0.29, 0.717) is 25.2 Å². The molecule has 24 heavy (non-hydrogen) atoms. The summed E-state index contributed by atoms with van der Waals surface area (Å²) >= 11 is 0. The third-order valence-corrected chi connectivity index (χ3v) is 5.07. The molecule has 1 N–H and O–H groups in total. The molecule has 2 atom stereocenters. The predicted octanol–water partition coefficient (Wildman–Crippen LogP) is 1.89. The van der Waals surface area contributed by atoms with Crippen LogP contribution < -0.4 is 0 Å². The first-order valence-corrected chi connectivity index (χ1v) is 8.69. The van der Waals surface area contributed by atoms with Crippen molar-refractivity contribution in [3.05, 3.63) is 30.1 Å². The molecule has 1 aromatic heterocycles. The number of ether oxygens (including phenoxy) is 1. The van der Waals surface area contributed by atoms with E-state index in [2.05, 4.69) is 4.98 Å². The summed E-state index contributed by atoms with van der Waals surface area (Å²) < 4.78 is 5.65. The highest BCUT2D eigenvalue weighted by molar-refractivity contribution is 5.76. The molecule has 1 aromatic rings. The molecule has 0 aliphatic carbocycles. The summed E-state index contributed by atoms with van der Waals surface area (Å²) in [6, 6.07) is 5.75. The minimum absolute atomic E-state index is 0.0388. The third kappa shape index (κ3) is 4.12. The van der Waals surface area contributed by atoms with E-state index in [4.69, 9.17) is 9.84 Å². The van der Waals surface area contributed by atoms with Crippen molar-refractivity contribution in [3.63, 3.8) is 0 Å². The van der Waals surface area contributed by atoms with E-state index in [1.54, 1.807) is 6.20 Å². The van der Waals surface area contributed by atoms with Gasteiger partial charge in [-0.15, -0.1) is 0 Å². The molecule has 3 rings (SSSR count). The van der Waals surface area contributed by atoms with Gasteiger partial charge in [0.1, 0.15) is 0 Å². The Morgan fingerprint density at radius 3 is 2.62 bits per heavy atom. The summed E-state index contributed by atoms with van der Waals surface area (Å²) in [5.41, 5.74) is 0.944. The first-order chi connectivity index (χ1) is 11.6. The quantitative estimate of drug-likeness (QED) is 0.890. The van der Waals surface area contributed by atoms with E-state index in [-0.39, 0.29) is 12.0 Å². The number of carboxylic acids is 1. The summed E-state index contributed by atoms with van der Waals surface area (Å²) in [6.45, 7) is 1.48. The monoisotopic (exact) mass is 332 g/mol. The van der Waals surface area contributed by atoms with Gasteiger partial charge in [0, 0.05) is 31.4 Å². The number of hydrogen-bond acceptors (Lipinski definition) is 4. The maximum Gasteiger partial charge on any atom is 0.332 e. The Morgan fingerprint density at radius 2 is 2.00 bits per heavy atom. The van der Waals surface area contributed by atoms with Crippen molar-refractivity contribution in [3.8, 4) is 0 Å². The summed E-state index contributed by atoms with van der Waals surface area (Å²) in [7, 11) is 0. The molecule has 0 unspecified atom stereocenters. The molecule has 3 heterocycles. The fourth-order valence-corrected chi connectivity index (χ4v) is 3.65. The minimum Gasteiger partial charge on any atom is -0.479 e. The second-order valence-corrected chi connectivity index (χ2v) is 6.62. The molecule has 0 aromatic carbocycles. The van der Waals surface area contributed by atoms with Gasteiger partial charge < -0.3 is 14.7 Å². The van der Waals surface area contributed by atoms with Gasteiger partial charge in [-0.2, -0.15) is 0 Å². The Balaban J connectivity index is 1.42. The highest BCUT2D eigenvalue weighted by Gasteiger charge is 2.37. The van der Waals surface area contributed by atoms with Crippen LogP contribution in [0.4, 0.5) is 0 Å². The van der Waals surface area contributed by atoms with Gasteiger partial charge in [-0.3, -0.25) is 9.78 Å². The Hall–Kier alpha value is -1.95. The van der Waals surface area contributed by atoms with E-state index in [0.717, 1.165) is 38.0 Å². The van der Waals surface area contributed by atoms with Crippen LogP contribution in [0.15, 0.2) is 24.4 Å². The lowest BCUT2D eigenvalue weighted by Gasteiger charge is -2.34.